The van der Waals surface area contributed by atoms with E-state index in [1.165, 1.54) is 24.3 Å². The summed E-state index contributed by atoms with van der Waals surface area (Å²) in [6.45, 7) is 2.45. The van der Waals surface area contributed by atoms with E-state index in [-0.39, 0.29) is 24.6 Å². The Morgan fingerprint density at radius 2 is 1.58 bits per heavy atom. The van der Waals surface area contributed by atoms with Crippen molar-refractivity contribution in [3.63, 3.8) is 0 Å². The number of carboxylic acid groups (broad SMARTS) is 1. The highest BCUT2D eigenvalue weighted by molar-refractivity contribution is 5.93. The first kappa shape index (κ1) is 25.9. The Hall–Kier alpha value is -3.18. The number of carbonyl (C=O) groups excluding carboxylic acids is 3. The van der Waals surface area contributed by atoms with Crippen LogP contribution < -0.4 is 21.7 Å². The summed E-state index contributed by atoms with van der Waals surface area (Å²) in [4.78, 5) is 48.3. The maximum absolute atomic E-state index is 12.6. The molecule has 0 heterocycles. The van der Waals surface area contributed by atoms with Crippen LogP contribution in [-0.2, 0) is 25.6 Å². The molecule has 11 nitrogen and oxygen atoms in total. The first-order valence-electron chi connectivity index (χ1n) is 9.84. The third-order valence-electron chi connectivity index (χ3n) is 4.80. The van der Waals surface area contributed by atoms with Gasteiger partial charge in [0.1, 0.15) is 23.9 Å². The second-order valence-corrected chi connectivity index (χ2v) is 7.15. The lowest BCUT2D eigenvalue weighted by Crippen LogP contribution is -2.58. The fourth-order valence-corrected chi connectivity index (χ4v) is 2.73. The minimum Gasteiger partial charge on any atom is -0.508 e. The summed E-state index contributed by atoms with van der Waals surface area (Å²) < 4.78 is 0. The largest absolute Gasteiger partial charge is 0.508 e. The number of nitrogens with two attached hydrogens (primary N) is 1. The van der Waals surface area contributed by atoms with E-state index < -0.39 is 48.4 Å². The van der Waals surface area contributed by atoms with Crippen molar-refractivity contribution < 1.29 is 34.5 Å². The number of hydrogen-bond acceptors (Lipinski definition) is 7. The van der Waals surface area contributed by atoms with Gasteiger partial charge >= 0.3 is 5.97 Å². The summed E-state index contributed by atoms with van der Waals surface area (Å²) >= 11 is 0. The quantitative estimate of drug-likeness (QED) is 0.204. The lowest BCUT2D eigenvalue weighted by molar-refractivity contribution is -0.142. The van der Waals surface area contributed by atoms with Crippen molar-refractivity contribution in [1.82, 2.24) is 16.0 Å². The van der Waals surface area contributed by atoms with E-state index in [0.29, 0.717) is 12.0 Å². The van der Waals surface area contributed by atoms with Gasteiger partial charge in [0.2, 0.25) is 17.7 Å². The zero-order chi connectivity index (χ0) is 23.6. The van der Waals surface area contributed by atoms with Crippen LogP contribution in [0.1, 0.15) is 25.8 Å². The fraction of sp³-hybridized carbons (Fsp3) is 0.500. The van der Waals surface area contributed by atoms with Gasteiger partial charge in [-0.3, -0.25) is 14.4 Å². The van der Waals surface area contributed by atoms with Crippen LogP contribution in [0, 0.1) is 5.92 Å². The van der Waals surface area contributed by atoms with Gasteiger partial charge in [0.25, 0.3) is 0 Å². The van der Waals surface area contributed by atoms with Crippen molar-refractivity contribution in [2.24, 2.45) is 11.7 Å². The van der Waals surface area contributed by atoms with Gasteiger partial charge in [0.05, 0.1) is 13.2 Å². The number of amides is 3. The number of benzene rings is 1. The minimum absolute atomic E-state index is 0.0142. The fourth-order valence-electron chi connectivity index (χ4n) is 2.73. The zero-order valence-electron chi connectivity index (χ0n) is 17.5. The molecular formula is C20H30N4O7. The number of phenolic OH excluding ortho intramolecular Hbond substituents is 1. The van der Waals surface area contributed by atoms with Gasteiger partial charge in [0.15, 0.2) is 0 Å². The molecule has 4 atom stereocenters. The average Bonchev–Trinajstić information content (AvgIpc) is 2.75. The highest BCUT2D eigenvalue weighted by atomic mass is 16.4. The van der Waals surface area contributed by atoms with E-state index in [1.807, 2.05) is 6.92 Å². The molecule has 8 N–H and O–H groups in total. The van der Waals surface area contributed by atoms with E-state index in [9.17, 15) is 34.5 Å². The lowest BCUT2D eigenvalue weighted by Gasteiger charge is -2.26. The topological polar surface area (TPSA) is 191 Å². The van der Waals surface area contributed by atoms with Crippen molar-refractivity contribution in [3.8, 4) is 5.75 Å². The molecule has 0 radical (unpaired) electrons. The Morgan fingerprint density at radius 1 is 1.00 bits per heavy atom. The molecule has 172 valence electrons. The molecule has 3 amide bonds. The molecule has 0 aliphatic heterocycles. The number of aliphatic hydroxyl groups is 1. The number of phenols is 1. The standard InChI is InChI=1S/C20H30N4O7/c1-3-11(2)17(24-16(27)9-21)19(29)23-15(10-25)18(28)22-14(20(30)31)8-12-4-6-13(26)7-5-12/h4-7,11,14-15,17,25-26H,3,8-10,21H2,1-2H3,(H,22,28)(H,23,29)(H,24,27)(H,30,31)/t11-,14-,15-,17-/m0/s1. The number of carboxylic acids is 1. The first-order chi connectivity index (χ1) is 14.6. The third-order valence-corrected chi connectivity index (χ3v) is 4.80. The number of hydrogen-bond donors (Lipinski definition) is 7. The molecule has 0 saturated heterocycles. The normalized spacial score (nSPS) is 14.6. The maximum Gasteiger partial charge on any atom is 0.326 e. The third kappa shape index (κ3) is 8.22. The Morgan fingerprint density at radius 3 is 2.06 bits per heavy atom. The van der Waals surface area contributed by atoms with E-state index in [2.05, 4.69) is 16.0 Å². The summed E-state index contributed by atoms with van der Waals surface area (Å²) in [6, 6.07) is 2.07. The predicted octanol–water partition coefficient (Wildman–Crippen LogP) is -1.53. The van der Waals surface area contributed by atoms with E-state index in [4.69, 9.17) is 5.73 Å². The predicted molar refractivity (Wildman–Crippen MR) is 111 cm³/mol. The Balaban J connectivity index is 2.86. The smallest absolute Gasteiger partial charge is 0.326 e. The molecule has 0 fully saturated rings. The summed E-state index contributed by atoms with van der Waals surface area (Å²) in [5.74, 6) is -3.72. The Kier molecular flexibility index (Phi) is 10.4. The number of aliphatic carboxylic acids is 1. The van der Waals surface area contributed by atoms with Crippen LogP contribution in [0.25, 0.3) is 0 Å². The molecule has 0 aromatic heterocycles. The number of rotatable bonds is 12. The van der Waals surface area contributed by atoms with Gasteiger partial charge in [-0.15, -0.1) is 0 Å². The SMILES string of the molecule is CC[C@H](C)[C@H](NC(=O)CN)C(=O)N[C@@H](CO)C(=O)N[C@@H](Cc1ccc(O)cc1)C(=O)O. The van der Waals surface area contributed by atoms with Crippen LogP contribution in [0.2, 0.25) is 0 Å². The second kappa shape index (κ2) is 12.5. The van der Waals surface area contributed by atoms with Crippen LogP contribution in [0.3, 0.4) is 0 Å². The summed E-state index contributed by atoms with van der Waals surface area (Å²) in [5.41, 5.74) is 5.83. The summed E-state index contributed by atoms with van der Waals surface area (Å²) in [7, 11) is 0. The van der Waals surface area contributed by atoms with Crippen LogP contribution >= 0.6 is 0 Å². The number of nitrogens with one attached hydrogen (secondary N) is 3. The molecule has 0 bridgehead atoms. The Labute approximate surface area is 180 Å². The van der Waals surface area contributed by atoms with Crippen LogP contribution in [-0.4, -0.2) is 70.3 Å². The molecule has 0 aliphatic carbocycles. The van der Waals surface area contributed by atoms with Crippen molar-refractivity contribution in [2.75, 3.05) is 13.2 Å². The van der Waals surface area contributed by atoms with E-state index in [0.717, 1.165) is 0 Å². The molecular weight excluding hydrogens is 408 g/mol. The van der Waals surface area contributed by atoms with Crippen molar-refractivity contribution in [2.45, 2.75) is 44.8 Å². The van der Waals surface area contributed by atoms with Gasteiger partial charge in [-0.1, -0.05) is 32.4 Å². The number of aromatic hydroxyl groups is 1. The first-order valence-corrected chi connectivity index (χ1v) is 9.84. The lowest BCUT2D eigenvalue weighted by atomic mass is 9.98. The van der Waals surface area contributed by atoms with Gasteiger partial charge < -0.3 is 37.0 Å². The number of aliphatic hydroxyl groups excluding tert-OH is 1. The highest BCUT2D eigenvalue weighted by Crippen LogP contribution is 2.12. The molecule has 11 heteroatoms. The Bertz CT molecular complexity index is 769. The molecule has 1 aromatic rings. The van der Waals surface area contributed by atoms with Gasteiger partial charge in [0, 0.05) is 6.42 Å². The molecule has 31 heavy (non-hydrogen) atoms. The average molecular weight is 438 g/mol. The maximum atomic E-state index is 12.6. The van der Waals surface area contributed by atoms with Crippen molar-refractivity contribution in [3.05, 3.63) is 29.8 Å². The summed E-state index contributed by atoms with van der Waals surface area (Å²) in [6.07, 6.45) is 0.474. The molecule has 0 saturated carbocycles. The summed E-state index contributed by atoms with van der Waals surface area (Å²) in [5, 5.41) is 35.4. The monoisotopic (exact) mass is 438 g/mol. The second-order valence-electron chi connectivity index (χ2n) is 7.15. The van der Waals surface area contributed by atoms with E-state index in [1.54, 1.807) is 6.92 Å². The van der Waals surface area contributed by atoms with Crippen LogP contribution in [0.15, 0.2) is 24.3 Å². The van der Waals surface area contributed by atoms with Gasteiger partial charge in [-0.2, -0.15) is 0 Å². The van der Waals surface area contributed by atoms with Crippen LogP contribution in [0.4, 0.5) is 0 Å². The van der Waals surface area contributed by atoms with Gasteiger partial charge in [-0.05, 0) is 23.6 Å². The molecule has 0 aliphatic rings. The van der Waals surface area contributed by atoms with Crippen molar-refractivity contribution >= 4 is 23.7 Å². The molecule has 0 unspecified atom stereocenters. The minimum atomic E-state index is -1.42. The zero-order valence-corrected chi connectivity index (χ0v) is 17.5. The highest BCUT2D eigenvalue weighted by Gasteiger charge is 2.31. The van der Waals surface area contributed by atoms with Gasteiger partial charge in [-0.25, -0.2) is 4.79 Å². The number of carbonyl (C=O) groups is 4. The van der Waals surface area contributed by atoms with Crippen molar-refractivity contribution in [1.29, 1.82) is 0 Å². The molecule has 1 aromatic carbocycles. The molecule has 0 spiro atoms. The van der Waals surface area contributed by atoms with Crippen LogP contribution in [0.5, 0.6) is 5.75 Å². The van der Waals surface area contributed by atoms with E-state index >= 15 is 0 Å². The molecule has 1 rings (SSSR count).